The summed E-state index contributed by atoms with van der Waals surface area (Å²) in [5, 5.41) is 0.979. The topological polar surface area (TPSA) is 30.0 Å². The fraction of sp³-hybridized carbons (Fsp3) is 0.556. The fourth-order valence-electron chi connectivity index (χ4n) is 1.13. The monoisotopic (exact) mass is 183 g/mol. The molecule has 0 saturated carbocycles. The normalized spacial score (nSPS) is 10.2. The zero-order valence-electron chi connectivity index (χ0n) is 7.68. The predicted molar refractivity (Wildman–Crippen MR) is 50.8 cm³/mol. The van der Waals surface area contributed by atoms with Crippen molar-refractivity contribution in [3.05, 3.63) is 15.6 Å². The molecule has 0 saturated heterocycles. The highest BCUT2D eigenvalue weighted by Crippen LogP contribution is 2.19. The Kier molecular flexibility index (Phi) is 2.98. The molecule has 2 nitrogen and oxygen atoms in total. The summed E-state index contributed by atoms with van der Waals surface area (Å²) in [5.74, 6) is 0.237. The minimum atomic E-state index is 0.237. The summed E-state index contributed by atoms with van der Waals surface area (Å²) in [5.41, 5.74) is 0.885. The number of aryl methyl sites for hydroxylation is 2. The zero-order chi connectivity index (χ0) is 9.14. The summed E-state index contributed by atoms with van der Waals surface area (Å²) in [7, 11) is 0. The lowest BCUT2D eigenvalue weighted by molar-refractivity contribution is 0.0985. The Bertz CT molecular complexity index is 291. The van der Waals surface area contributed by atoms with E-state index in [0.29, 0.717) is 6.42 Å². The number of thiazole rings is 1. The first kappa shape index (κ1) is 9.39. The van der Waals surface area contributed by atoms with Gasteiger partial charge in [0.1, 0.15) is 0 Å². The lowest BCUT2D eigenvalue weighted by Gasteiger charge is -1.93. The Morgan fingerprint density at radius 2 is 2.17 bits per heavy atom. The van der Waals surface area contributed by atoms with Gasteiger partial charge in [0.05, 0.1) is 15.6 Å². The van der Waals surface area contributed by atoms with Gasteiger partial charge in [-0.05, 0) is 20.3 Å². The SMILES string of the molecule is CCCC(=O)c1sc(C)nc1C. The number of Topliss-reactive ketones (excluding diaryl/α,β-unsaturated/α-hetero) is 1. The van der Waals surface area contributed by atoms with Crippen molar-refractivity contribution in [3.63, 3.8) is 0 Å². The van der Waals surface area contributed by atoms with Crippen molar-refractivity contribution in [2.24, 2.45) is 0 Å². The maximum Gasteiger partial charge on any atom is 0.174 e. The Morgan fingerprint density at radius 1 is 1.50 bits per heavy atom. The van der Waals surface area contributed by atoms with Gasteiger partial charge in [0.2, 0.25) is 0 Å². The zero-order valence-corrected chi connectivity index (χ0v) is 8.49. The van der Waals surface area contributed by atoms with Gasteiger partial charge in [0.25, 0.3) is 0 Å². The van der Waals surface area contributed by atoms with E-state index < -0.39 is 0 Å². The van der Waals surface area contributed by atoms with E-state index in [4.69, 9.17) is 0 Å². The van der Waals surface area contributed by atoms with Gasteiger partial charge in [-0.1, -0.05) is 6.92 Å². The third-order valence-corrected chi connectivity index (χ3v) is 2.75. The van der Waals surface area contributed by atoms with Crippen molar-refractivity contribution in [2.45, 2.75) is 33.6 Å². The molecule has 0 aliphatic carbocycles. The molecule has 0 spiro atoms. The van der Waals surface area contributed by atoms with Gasteiger partial charge in [-0.15, -0.1) is 11.3 Å². The average Bonchev–Trinajstić information content (AvgIpc) is 2.30. The van der Waals surface area contributed by atoms with Crippen molar-refractivity contribution >= 4 is 17.1 Å². The molecule has 0 amide bonds. The number of rotatable bonds is 3. The molecule has 3 heteroatoms. The molecule has 0 unspecified atom stereocenters. The van der Waals surface area contributed by atoms with Crippen molar-refractivity contribution in [1.82, 2.24) is 4.98 Å². The molecule has 0 aromatic carbocycles. The molecule has 1 aromatic rings. The first-order valence-electron chi connectivity index (χ1n) is 4.12. The van der Waals surface area contributed by atoms with Crippen LogP contribution in [0.25, 0.3) is 0 Å². The summed E-state index contributed by atoms with van der Waals surface area (Å²) in [6.07, 6.45) is 1.55. The Labute approximate surface area is 76.6 Å². The van der Waals surface area contributed by atoms with Crippen LogP contribution in [0.1, 0.15) is 40.1 Å². The van der Waals surface area contributed by atoms with Crippen molar-refractivity contribution in [2.75, 3.05) is 0 Å². The maximum absolute atomic E-state index is 11.4. The fourth-order valence-corrected chi connectivity index (χ4v) is 2.02. The molecule has 66 valence electrons. The highest BCUT2D eigenvalue weighted by molar-refractivity contribution is 7.13. The molecule has 1 rings (SSSR count). The van der Waals surface area contributed by atoms with Crippen LogP contribution in [0.15, 0.2) is 0 Å². The van der Waals surface area contributed by atoms with E-state index in [2.05, 4.69) is 4.98 Å². The molecule has 0 bridgehead atoms. The van der Waals surface area contributed by atoms with E-state index in [9.17, 15) is 4.79 Å². The number of carbonyl (C=O) groups is 1. The van der Waals surface area contributed by atoms with Gasteiger partial charge in [-0.25, -0.2) is 4.98 Å². The van der Waals surface area contributed by atoms with Gasteiger partial charge in [-0.2, -0.15) is 0 Å². The molecule has 1 heterocycles. The highest BCUT2D eigenvalue weighted by atomic mass is 32.1. The van der Waals surface area contributed by atoms with E-state index in [1.165, 1.54) is 11.3 Å². The van der Waals surface area contributed by atoms with E-state index in [1.54, 1.807) is 0 Å². The Balaban J connectivity index is 2.87. The number of aromatic nitrogens is 1. The maximum atomic E-state index is 11.4. The molecule has 0 N–H and O–H groups in total. The van der Waals surface area contributed by atoms with Crippen molar-refractivity contribution in [3.8, 4) is 0 Å². The minimum Gasteiger partial charge on any atom is -0.293 e. The second kappa shape index (κ2) is 3.81. The van der Waals surface area contributed by atoms with Crippen LogP contribution in [-0.2, 0) is 0 Å². The lowest BCUT2D eigenvalue weighted by Crippen LogP contribution is -1.96. The van der Waals surface area contributed by atoms with E-state index in [-0.39, 0.29) is 5.78 Å². The highest BCUT2D eigenvalue weighted by Gasteiger charge is 2.11. The summed E-state index contributed by atoms with van der Waals surface area (Å²) >= 11 is 1.50. The lowest BCUT2D eigenvalue weighted by atomic mass is 10.2. The van der Waals surface area contributed by atoms with Gasteiger partial charge in [0, 0.05) is 6.42 Å². The quantitative estimate of drug-likeness (QED) is 0.674. The number of hydrogen-bond donors (Lipinski definition) is 0. The molecule has 0 atom stereocenters. The van der Waals surface area contributed by atoms with E-state index >= 15 is 0 Å². The molecule has 0 fully saturated rings. The van der Waals surface area contributed by atoms with Gasteiger partial charge in [0.15, 0.2) is 5.78 Å². The molecule has 0 radical (unpaired) electrons. The molecule has 0 aliphatic rings. The van der Waals surface area contributed by atoms with Crippen LogP contribution < -0.4 is 0 Å². The molecule has 1 aromatic heterocycles. The number of carbonyl (C=O) groups excluding carboxylic acids is 1. The molecule has 12 heavy (non-hydrogen) atoms. The predicted octanol–water partition coefficient (Wildman–Crippen LogP) is 2.74. The third-order valence-electron chi connectivity index (χ3n) is 1.63. The van der Waals surface area contributed by atoms with E-state index in [0.717, 1.165) is 22.0 Å². The number of nitrogens with zero attached hydrogens (tertiary/aromatic N) is 1. The Morgan fingerprint density at radius 3 is 2.58 bits per heavy atom. The van der Waals surface area contributed by atoms with Crippen molar-refractivity contribution in [1.29, 1.82) is 0 Å². The number of ketones is 1. The van der Waals surface area contributed by atoms with Crippen LogP contribution >= 0.6 is 11.3 Å². The van der Waals surface area contributed by atoms with Crippen LogP contribution in [0.3, 0.4) is 0 Å². The largest absolute Gasteiger partial charge is 0.293 e. The average molecular weight is 183 g/mol. The summed E-state index contributed by atoms with van der Waals surface area (Å²) < 4.78 is 0. The van der Waals surface area contributed by atoms with Crippen LogP contribution in [0.4, 0.5) is 0 Å². The summed E-state index contributed by atoms with van der Waals surface area (Å²) in [6, 6.07) is 0. The first-order chi connectivity index (χ1) is 5.65. The van der Waals surface area contributed by atoms with Crippen LogP contribution in [0.5, 0.6) is 0 Å². The minimum absolute atomic E-state index is 0.237. The smallest absolute Gasteiger partial charge is 0.174 e. The van der Waals surface area contributed by atoms with E-state index in [1.807, 2.05) is 20.8 Å². The second-order valence-electron chi connectivity index (χ2n) is 2.82. The molecular formula is C9H13NOS. The standard InChI is InChI=1S/C9H13NOS/c1-4-5-8(11)9-6(2)10-7(3)12-9/h4-5H2,1-3H3. The molecular weight excluding hydrogens is 170 g/mol. The van der Waals surface area contributed by atoms with Crippen LogP contribution in [0, 0.1) is 13.8 Å². The van der Waals surface area contributed by atoms with Gasteiger partial charge >= 0.3 is 0 Å². The second-order valence-corrected chi connectivity index (χ2v) is 4.02. The van der Waals surface area contributed by atoms with Crippen LogP contribution in [-0.4, -0.2) is 10.8 Å². The summed E-state index contributed by atoms with van der Waals surface area (Å²) in [6.45, 7) is 5.84. The molecule has 0 aliphatic heterocycles. The van der Waals surface area contributed by atoms with Gasteiger partial charge < -0.3 is 0 Å². The Hall–Kier alpha value is -0.700. The summed E-state index contributed by atoms with van der Waals surface area (Å²) in [4.78, 5) is 16.5. The van der Waals surface area contributed by atoms with Gasteiger partial charge in [-0.3, -0.25) is 4.79 Å². The first-order valence-corrected chi connectivity index (χ1v) is 4.94. The van der Waals surface area contributed by atoms with Crippen LogP contribution in [0.2, 0.25) is 0 Å². The van der Waals surface area contributed by atoms with Crippen molar-refractivity contribution < 1.29 is 4.79 Å². The number of hydrogen-bond acceptors (Lipinski definition) is 3. The third kappa shape index (κ3) is 1.91.